The summed E-state index contributed by atoms with van der Waals surface area (Å²) in [6, 6.07) is 6.39. The first-order valence-electron chi connectivity index (χ1n) is 8.04. The van der Waals surface area contributed by atoms with Crippen molar-refractivity contribution in [2.24, 2.45) is 11.7 Å². The average Bonchev–Trinajstić information content (AvgIpc) is 2.60. The van der Waals surface area contributed by atoms with Gasteiger partial charge in [-0.1, -0.05) is 25.5 Å². The minimum absolute atomic E-state index is 0.0831. The SMILES string of the molecule is CC(CN)CNC(=O)c1ccccc1S(=O)(=O)N1CCCCC1. The summed E-state index contributed by atoms with van der Waals surface area (Å²) in [6.45, 7) is 3.85. The normalized spacial score (nSPS) is 17.7. The van der Waals surface area contributed by atoms with E-state index in [1.807, 2.05) is 6.92 Å². The summed E-state index contributed by atoms with van der Waals surface area (Å²) in [5.41, 5.74) is 5.74. The van der Waals surface area contributed by atoms with Crippen LogP contribution >= 0.6 is 0 Å². The van der Waals surface area contributed by atoms with Crippen molar-refractivity contribution in [3.05, 3.63) is 29.8 Å². The molecule has 2 rings (SSSR count). The van der Waals surface area contributed by atoms with Crippen LogP contribution in [0.25, 0.3) is 0 Å². The molecule has 1 aliphatic heterocycles. The first kappa shape index (κ1) is 17.9. The zero-order valence-corrected chi connectivity index (χ0v) is 14.3. The predicted molar refractivity (Wildman–Crippen MR) is 89.6 cm³/mol. The fourth-order valence-corrected chi connectivity index (χ4v) is 4.28. The maximum absolute atomic E-state index is 12.8. The molecule has 1 heterocycles. The van der Waals surface area contributed by atoms with Crippen molar-refractivity contribution in [3.63, 3.8) is 0 Å². The number of hydrogen-bond acceptors (Lipinski definition) is 4. The van der Waals surface area contributed by atoms with Crippen LogP contribution in [0, 0.1) is 5.92 Å². The fraction of sp³-hybridized carbons (Fsp3) is 0.562. The van der Waals surface area contributed by atoms with E-state index < -0.39 is 10.0 Å². The molecule has 0 aromatic heterocycles. The lowest BCUT2D eigenvalue weighted by Gasteiger charge is -2.26. The monoisotopic (exact) mass is 339 g/mol. The Labute approximate surface area is 138 Å². The Morgan fingerprint density at radius 3 is 2.57 bits per heavy atom. The second-order valence-electron chi connectivity index (χ2n) is 6.01. The number of carbonyl (C=O) groups is 1. The molecule has 1 saturated heterocycles. The quantitative estimate of drug-likeness (QED) is 0.814. The molecule has 0 radical (unpaired) electrons. The molecule has 7 heteroatoms. The Hall–Kier alpha value is -1.44. The molecule has 128 valence electrons. The Morgan fingerprint density at radius 1 is 1.26 bits per heavy atom. The molecule has 1 unspecified atom stereocenters. The van der Waals surface area contributed by atoms with Crippen molar-refractivity contribution in [1.82, 2.24) is 9.62 Å². The van der Waals surface area contributed by atoms with Crippen LogP contribution in [0.4, 0.5) is 0 Å². The summed E-state index contributed by atoms with van der Waals surface area (Å²) in [6.07, 6.45) is 2.77. The molecule has 1 atom stereocenters. The van der Waals surface area contributed by atoms with E-state index in [4.69, 9.17) is 5.73 Å². The van der Waals surface area contributed by atoms with E-state index in [9.17, 15) is 13.2 Å². The van der Waals surface area contributed by atoms with Gasteiger partial charge in [-0.3, -0.25) is 4.79 Å². The van der Waals surface area contributed by atoms with E-state index in [2.05, 4.69) is 5.32 Å². The second-order valence-corrected chi connectivity index (χ2v) is 7.92. The number of piperidine rings is 1. The highest BCUT2D eigenvalue weighted by Gasteiger charge is 2.29. The number of carbonyl (C=O) groups excluding carboxylic acids is 1. The summed E-state index contributed by atoms with van der Waals surface area (Å²) in [5.74, 6) is -0.230. The molecule has 0 aliphatic carbocycles. The highest BCUT2D eigenvalue weighted by atomic mass is 32.2. The molecule has 0 saturated carbocycles. The van der Waals surface area contributed by atoms with Gasteiger partial charge in [0.15, 0.2) is 0 Å². The first-order valence-corrected chi connectivity index (χ1v) is 9.48. The Morgan fingerprint density at radius 2 is 1.91 bits per heavy atom. The highest BCUT2D eigenvalue weighted by Crippen LogP contribution is 2.23. The van der Waals surface area contributed by atoms with Crippen LogP contribution in [0.5, 0.6) is 0 Å². The van der Waals surface area contributed by atoms with Crippen LogP contribution in [0.15, 0.2) is 29.2 Å². The maximum atomic E-state index is 12.8. The summed E-state index contributed by atoms with van der Waals surface area (Å²) >= 11 is 0. The van der Waals surface area contributed by atoms with Gasteiger partial charge in [-0.25, -0.2) is 8.42 Å². The Kier molecular flexibility index (Phi) is 6.15. The van der Waals surface area contributed by atoms with Crippen LogP contribution in [0.1, 0.15) is 36.5 Å². The maximum Gasteiger partial charge on any atom is 0.252 e. The molecule has 23 heavy (non-hydrogen) atoms. The van der Waals surface area contributed by atoms with Gasteiger partial charge >= 0.3 is 0 Å². The van der Waals surface area contributed by atoms with E-state index in [0.29, 0.717) is 26.2 Å². The molecular weight excluding hydrogens is 314 g/mol. The third-order valence-electron chi connectivity index (χ3n) is 4.08. The number of rotatable bonds is 6. The van der Waals surface area contributed by atoms with Crippen molar-refractivity contribution in [2.45, 2.75) is 31.1 Å². The molecule has 1 fully saturated rings. The number of hydrogen-bond donors (Lipinski definition) is 2. The van der Waals surface area contributed by atoms with Gasteiger partial charge in [-0.05, 0) is 37.4 Å². The van der Waals surface area contributed by atoms with Gasteiger partial charge in [0, 0.05) is 19.6 Å². The zero-order valence-electron chi connectivity index (χ0n) is 13.5. The average molecular weight is 339 g/mol. The minimum atomic E-state index is -3.63. The molecular formula is C16H25N3O3S. The van der Waals surface area contributed by atoms with E-state index in [0.717, 1.165) is 19.3 Å². The molecule has 0 spiro atoms. The van der Waals surface area contributed by atoms with Gasteiger partial charge in [-0.15, -0.1) is 0 Å². The zero-order chi connectivity index (χ0) is 16.9. The van der Waals surface area contributed by atoms with Gasteiger partial charge in [0.25, 0.3) is 5.91 Å². The van der Waals surface area contributed by atoms with Crippen molar-refractivity contribution in [1.29, 1.82) is 0 Å². The minimum Gasteiger partial charge on any atom is -0.352 e. The van der Waals surface area contributed by atoms with Gasteiger partial charge in [0.2, 0.25) is 10.0 Å². The predicted octanol–water partition coefficient (Wildman–Crippen LogP) is 1.19. The van der Waals surface area contributed by atoms with Crippen LogP contribution in [-0.4, -0.2) is 44.8 Å². The standard InChI is InChI=1S/C16H25N3O3S/c1-13(11-17)12-18-16(20)14-7-3-4-8-15(14)23(21,22)19-9-5-2-6-10-19/h3-4,7-8,13H,2,5-6,9-12,17H2,1H3,(H,18,20). The summed E-state index contributed by atoms with van der Waals surface area (Å²) < 4.78 is 27.1. The van der Waals surface area contributed by atoms with Crippen LogP contribution in [0.2, 0.25) is 0 Å². The fourth-order valence-electron chi connectivity index (χ4n) is 2.57. The van der Waals surface area contributed by atoms with Crippen LogP contribution in [0.3, 0.4) is 0 Å². The van der Waals surface area contributed by atoms with E-state index >= 15 is 0 Å². The summed E-state index contributed by atoms with van der Waals surface area (Å²) in [4.78, 5) is 12.5. The number of nitrogens with two attached hydrogens (primary N) is 1. The number of sulfonamides is 1. The Balaban J connectivity index is 2.24. The number of benzene rings is 1. The smallest absolute Gasteiger partial charge is 0.252 e. The van der Waals surface area contributed by atoms with Crippen molar-refractivity contribution in [3.8, 4) is 0 Å². The van der Waals surface area contributed by atoms with Crippen molar-refractivity contribution in [2.75, 3.05) is 26.2 Å². The van der Waals surface area contributed by atoms with Crippen LogP contribution < -0.4 is 11.1 Å². The second kappa shape index (κ2) is 7.90. The molecule has 1 aromatic carbocycles. The lowest BCUT2D eigenvalue weighted by molar-refractivity contribution is 0.0945. The molecule has 1 aliphatic rings. The third-order valence-corrected chi connectivity index (χ3v) is 6.03. The largest absolute Gasteiger partial charge is 0.352 e. The topological polar surface area (TPSA) is 92.5 Å². The number of amides is 1. The highest BCUT2D eigenvalue weighted by molar-refractivity contribution is 7.89. The number of nitrogens with zero attached hydrogens (tertiary/aromatic N) is 1. The van der Waals surface area contributed by atoms with E-state index in [1.165, 1.54) is 10.4 Å². The van der Waals surface area contributed by atoms with Gasteiger partial charge in [0.1, 0.15) is 0 Å². The molecule has 1 aromatic rings. The van der Waals surface area contributed by atoms with Crippen LogP contribution in [-0.2, 0) is 10.0 Å². The molecule has 1 amide bonds. The lowest BCUT2D eigenvalue weighted by atomic mass is 10.1. The summed E-state index contributed by atoms with van der Waals surface area (Å²) in [5, 5.41) is 2.76. The molecule has 0 bridgehead atoms. The number of nitrogens with one attached hydrogen (secondary N) is 1. The van der Waals surface area contributed by atoms with Gasteiger partial charge in [-0.2, -0.15) is 4.31 Å². The van der Waals surface area contributed by atoms with Crippen molar-refractivity contribution >= 4 is 15.9 Å². The molecule has 3 N–H and O–H groups in total. The van der Waals surface area contributed by atoms with Gasteiger partial charge < -0.3 is 11.1 Å². The van der Waals surface area contributed by atoms with Gasteiger partial charge in [0.05, 0.1) is 10.5 Å². The third kappa shape index (κ3) is 4.31. The van der Waals surface area contributed by atoms with E-state index in [-0.39, 0.29) is 22.3 Å². The first-order chi connectivity index (χ1) is 11.0. The summed E-state index contributed by atoms with van der Waals surface area (Å²) in [7, 11) is -3.63. The Bertz CT molecular complexity index is 640. The van der Waals surface area contributed by atoms with Crippen molar-refractivity contribution < 1.29 is 13.2 Å². The molecule has 6 nitrogen and oxygen atoms in total. The lowest BCUT2D eigenvalue weighted by Crippen LogP contribution is -2.37. The van der Waals surface area contributed by atoms with E-state index in [1.54, 1.807) is 18.2 Å².